The molecule has 0 saturated heterocycles. The Hall–Kier alpha value is -0.690. The van der Waals surface area contributed by atoms with Gasteiger partial charge in [0, 0.05) is 25.4 Å². The molecule has 0 fully saturated rings. The van der Waals surface area contributed by atoms with Crippen LogP contribution in [0.1, 0.15) is 11.6 Å². The fourth-order valence-corrected chi connectivity index (χ4v) is 2.49. The molecule has 0 aliphatic carbocycles. The Balaban J connectivity index is 2.84. The van der Waals surface area contributed by atoms with Crippen LogP contribution in [-0.4, -0.2) is 45.5 Å². The van der Waals surface area contributed by atoms with E-state index in [2.05, 4.69) is 0 Å². The molecule has 19 heavy (non-hydrogen) atoms. The summed E-state index contributed by atoms with van der Waals surface area (Å²) in [6.07, 6.45) is 1.18. The Morgan fingerprint density at radius 1 is 1.47 bits per heavy atom. The average Bonchev–Trinajstić information content (AvgIpc) is 2.31. The molecule has 1 unspecified atom stereocenters. The summed E-state index contributed by atoms with van der Waals surface area (Å²) in [5.41, 5.74) is 6.37. The van der Waals surface area contributed by atoms with Gasteiger partial charge in [-0.2, -0.15) is 0 Å². The zero-order valence-electron chi connectivity index (χ0n) is 10.9. The minimum Gasteiger partial charge on any atom is -0.329 e. The first-order valence-electron chi connectivity index (χ1n) is 5.77. The van der Waals surface area contributed by atoms with Gasteiger partial charge in [0.1, 0.15) is 15.7 Å². The molecule has 1 aromatic carbocycles. The van der Waals surface area contributed by atoms with Crippen LogP contribution in [0.25, 0.3) is 0 Å². The normalized spacial score (nSPS) is 13.8. The SMILES string of the molecule is CN(CCS(C)(=O)=O)C(CN)c1ccc(Cl)c(F)c1. The van der Waals surface area contributed by atoms with Crippen LogP contribution in [0.2, 0.25) is 5.02 Å². The lowest BCUT2D eigenvalue weighted by molar-refractivity contribution is 0.264. The molecule has 0 bridgehead atoms. The molecule has 0 spiro atoms. The van der Waals surface area contributed by atoms with Gasteiger partial charge in [0.05, 0.1) is 10.8 Å². The highest BCUT2D eigenvalue weighted by molar-refractivity contribution is 7.90. The number of nitrogens with zero attached hydrogens (tertiary/aromatic N) is 1. The standard InChI is InChI=1S/C12H18ClFN2O2S/c1-16(5-6-19(2,17)18)12(8-15)9-3-4-10(13)11(14)7-9/h3-4,7,12H,5-6,8,15H2,1-2H3. The van der Waals surface area contributed by atoms with Crippen molar-refractivity contribution in [1.82, 2.24) is 4.90 Å². The summed E-state index contributed by atoms with van der Waals surface area (Å²) in [6, 6.07) is 4.25. The summed E-state index contributed by atoms with van der Waals surface area (Å²) in [6.45, 7) is 0.603. The number of benzene rings is 1. The lowest BCUT2D eigenvalue weighted by Crippen LogP contribution is -2.34. The number of hydrogen-bond donors (Lipinski definition) is 1. The van der Waals surface area contributed by atoms with Crippen LogP contribution in [0, 0.1) is 5.82 Å². The zero-order valence-corrected chi connectivity index (χ0v) is 12.5. The van der Waals surface area contributed by atoms with Gasteiger partial charge in [-0.05, 0) is 24.7 Å². The minimum absolute atomic E-state index is 0.0378. The summed E-state index contributed by atoms with van der Waals surface area (Å²) < 4.78 is 35.7. The fourth-order valence-electron chi connectivity index (χ4n) is 1.76. The second-order valence-corrected chi connectivity index (χ2v) is 7.20. The summed E-state index contributed by atoms with van der Waals surface area (Å²) in [5.74, 6) is -0.468. The highest BCUT2D eigenvalue weighted by Gasteiger charge is 2.18. The van der Waals surface area contributed by atoms with Gasteiger partial charge < -0.3 is 5.73 Å². The van der Waals surface area contributed by atoms with Crippen molar-refractivity contribution >= 4 is 21.4 Å². The third kappa shape index (κ3) is 5.06. The van der Waals surface area contributed by atoms with Crippen LogP contribution in [0.15, 0.2) is 18.2 Å². The van der Waals surface area contributed by atoms with E-state index in [4.69, 9.17) is 17.3 Å². The predicted molar refractivity (Wildman–Crippen MR) is 75.5 cm³/mol. The maximum absolute atomic E-state index is 13.4. The van der Waals surface area contributed by atoms with Crippen LogP contribution in [0.4, 0.5) is 4.39 Å². The van der Waals surface area contributed by atoms with Crippen molar-refractivity contribution in [2.75, 3.05) is 32.1 Å². The number of nitrogens with two attached hydrogens (primary N) is 1. The molecule has 7 heteroatoms. The summed E-state index contributed by atoms with van der Waals surface area (Å²) in [7, 11) is -1.28. The van der Waals surface area contributed by atoms with Gasteiger partial charge in [0.2, 0.25) is 0 Å². The maximum Gasteiger partial charge on any atom is 0.148 e. The van der Waals surface area contributed by atoms with Gasteiger partial charge >= 0.3 is 0 Å². The van der Waals surface area contributed by atoms with Gasteiger partial charge in [0.15, 0.2) is 0 Å². The quantitative estimate of drug-likeness (QED) is 0.864. The number of halogens is 2. The van der Waals surface area contributed by atoms with Crippen molar-refractivity contribution in [3.05, 3.63) is 34.6 Å². The largest absolute Gasteiger partial charge is 0.329 e. The van der Waals surface area contributed by atoms with E-state index < -0.39 is 15.7 Å². The summed E-state index contributed by atoms with van der Waals surface area (Å²) in [4.78, 5) is 1.80. The van der Waals surface area contributed by atoms with Crippen molar-refractivity contribution in [2.45, 2.75) is 6.04 Å². The molecular weight excluding hydrogens is 291 g/mol. The van der Waals surface area contributed by atoms with E-state index in [0.29, 0.717) is 12.1 Å². The first-order chi connectivity index (χ1) is 8.74. The van der Waals surface area contributed by atoms with Crippen LogP contribution in [-0.2, 0) is 9.84 Å². The highest BCUT2D eigenvalue weighted by Crippen LogP contribution is 2.23. The summed E-state index contributed by atoms with van der Waals surface area (Å²) >= 11 is 5.63. The van der Waals surface area contributed by atoms with Gasteiger partial charge in [-0.25, -0.2) is 12.8 Å². The Bertz CT molecular complexity index is 537. The van der Waals surface area contributed by atoms with E-state index in [1.165, 1.54) is 18.4 Å². The molecule has 0 amide bonds. The van der Waals surface area contributed by atoms with Gasteiger partial charge in [-0.1, -0.05) is 17.7 Å². The van der Waals surface area contributed by atoms with E-state index in [1.807, 2.05) is 0 Å². The summed E-state index contributed by atoms with van der Waals surface area (Å²) in [5, 5.41) is 0.0540. The second kappa shape index (κ2) is 6.65. The van der Waals surface area contributed by atoms with Crippen LogP contribution < -0.4 is 5.73 Å². The average molecular weight is 309 g/mol. The van der Waals surface area contributed by atoms with Crippen molar-refractivity contribution < 1.29 is 12.8 Å². The van der Waals surface area contributed by atoms with Crippen molar-refractivity contribution in [3.8, 4) is 0 Å². The van der Waals surface area contributed by atoms with Gasteiger partial charge in [-0.3, -0.25) is 4.90 Å². The van der Waals surface area contributed by atoms with Crippen molar-refractivity contribution in [2.24, 2.45) is 5.73 Å². The lowest BCUT2D eigenvalue weighted by atomic mass is 10.1. The Morgan fingerprint density at radius 2 is 2.11 bits per heavy atom. The molecule has 4 nitrogen and oxygen atoms in total. The molecule has 1 atom stereocenters. The Labute approximate surface area is 118 Å². The molecule has 0 aliphatic rings. The molecular formula is C12H18ClFN2O2S. The monoisotopic (exact) mass is 308 g/mol. The first kappa shape index (κ1) is 16.4. The van der Waals surface area contributed by atoms with Crippen LogP contribution in [0.3, 0.4) is 0 Å². The number of rotatable bonds is 6. The van der Waals surface area contributed by atoms with Crippen molar-refractivity contribution in [3.63, 3.8) is 0 Å². The van der Waals surface area contributed by atoms with Crippen LogP contribution in [0.5, 0.6) is 0 Å². The van der Waals surface area contributed by atoms with Gasteiger partial charge in [-0.15, -0.1) is 0 Å². The Morgan fingerprint density at radius 3 is 2.58 bits per heavy atom. The topological polar surface area (TPSA) is 63.4 Å². The maximum atomic E-state index is 13.4. The number of likely N-dealkylation sites (N-methyl/N-ethyl adjacent to an activating group) is 1. The van der Waals surface area contributed by atoms with E-state index in [-0.39, 0.29) is 23.4 Å². The van der Waals surface area contributed by atoms with E-state index in [1.54, 1.807) is 18.0 Å². The van der Waals surface area contributed by atoms with E-state index >= 15 is 0 Å². The number of sulfone groups is 1. The third-order valence-corrected chi connectivity index (χ3v) is 4.13. The molecule has 1 aromatic rings. The molecule has 0 radical (unpaired) electrons. The molecule has 1 rings (SSSR count). The molecule has 0 saturated carbocycles. The molecule has 0 aliphatic heterocycles. The molecule has 0 heterocycles. The minimum atomic E-state index is -3.04. The van der Waals surface area contributed by atoms with E-state index in [9.17, 15) is 12.8 Å². The van der Waals surface area contributed by atoms with Crippen LogP contribution >= 0.6 is 11.6 Å². The highest BCUT2D eigenvalue weighted by atomic mass is 35.5. The smallest absolute Gasteiger partial charge is 0.148 e. The second-order valence-electron chi connectivity index (χ2n) is 4.54. The van der Waals surface area contributed by atoms with Gasteiger partial charge in [0.25, 0.3) is 0 Å². The third-order valence-electron chi connectivity index (χ3n) is 2.90. The van der Waals surface area contributed by atoms with Crippen molar-refractivity contribution in [1.29, 1.82) is 0 Å². The fraction of sp³-hybridized carbons (Fsp3) is 0.500. The lowest BCUT2D eigenvalue weighted by Gasteiger charge is -2.27. The number of hydrogen-bond acceptors (Lipinski definition) is 4. The molecule has 108 valence electrons. The zero-order chi connectivity index (χ0) is 14.6. The Kier molecular flexibility index (Phi) is 5.73. The first-order valence-corrected chi connectivity index (χ1v) is 8.21. The molecule has 2 N–H and O–H groups in total. The molecule has 0 aromatic heterocycles. The van der Waals surface area contributed by atoms with E-state index in [0.717, 1.165) is 0 Å². The predicted octanol–water partition coefficient (Wildman–Crippen LogP) is 1.46.